The molecule has 0 aliphatic heterocycles. The van der Waals surface area contributed by atoms with Crippen LogP contribution in [0.15, 0.2) is 24.3 Å². The third-order valence-electron chi connectivity index (χ3n) is 2.55. The van der Waals surface area contributed by atoms with Crippen LogP contribution in [-0.2, 0) is 13.1 Å². The van der Waals surface area contributed by atoms with Crippen molar-refractivity contribution in [1.29, 1.82) is 0 Å². The molecule has 96 valence electrons. The SMILES string of the molecule is CC(C)NCc1nnnn1Cc1ccccc1F. The summed E-state index contributed by atoms with van der Waals surface area (Å²) in [7, 11) is 0. The van der Waals surface area contributed by atoms with Gasteiger partial charge in [-0.15, -0.1) is 5.10 Å². The van der Waals surface area contributed by atoms with E-state index in [1.54, 1.807) is 22.9 Å². The van der Waals surface area contributed by atoms with E-state index in [0.29, 0.717) is 30.5 Å². The zero-order valence-corrected chi connectivity index (χ0v) is 10.5. The zero-order valence-electron chi connectivity index (χ0n) is 10.5. The standard InChI is InChI=1S/C12H16FN5/c1-9(2)14-7-12-15-16-17-18(12)8-10-5-3-4-6-11(10)13/h3-6,9,14H,7-8H2,1-2H3. The maximum Gasteiger partial charge on any atom is 0.165 e. The van der Waals surface area contributed by atoms with E-state index >= 15 is 0 Å². The molecule has 5 nitrogen and oxygen atoms in total. The molecule has 6 heteroatoms. The van der Waals surface area contributed by atoms with Gasteiger partial charge in [-0.3, -0.25) is 0 Å². The average Bonchev–Trinajstić information content (AvgIpc) is 2.77. The number of aromatic nitrogens is 4. The summed E-state index contributed by atoms with van der Waals surface area (Å²) in [4.78, 5) is 0. The Balaban J connectivity index is 2.10. The molecular weight excluding hydrogens is 233 g/mol. The Hall–Kier alpha value is -1.82. The molecule has 0 bridgehead atoms. The van der Waals surface area contributed by atoms with Crippen molar-refractivity contribution in [2.24, 2.45) is 0 Å². The van der Waals surface area contributed by atoms with Gasteiger partial charge < -0.3 is 5.32 Å². The first-order valence-corrected chi connectivity index (χ1v) is 5.88. The van der Waals surface area contributed by atoms with Crippen LogP contribution in [0.4, 0.5) is 4.39 Å². The second-order valence-corrected chi connectivity index (χ2v) is 4.38. The highest BCUT2D eigenvalue weighted by molar-refractivity contribution is 5.17. The molecule has 0 aliphatic carbocycles. The van der Waals surface area contributed by atoms with E-state index in [1.165, 1.54) is 6.07 Å². The van der Waals surface area contributed by atoms with Gasteiger partial charge in [-0.1, -0.05) is 32.0 Å². The number of hydrogen-bond acceptors (Lipinski definition) is 4. The molecular formula is C12H16FN5. The van der Waals surface area contributed by atoms with Crippen LogP contribution in [0.1, 0.15) is 25.2 Å². The van der Waals surface area contributed by atoms with Gasteiger partial charge in [0.15, 0.2) is 5.82 Å². The Labute approximate surface area is 105 Å². The number of rotatable bonds is 5. The van der Waals surface area contributed by atoms with Crippen molar-refractivity contribution >= 4 is 0 Å². The van der Waals surface area contributed by atoms with Crippen LogP contribution in [0, 0.1) is 5.82 Å². The number of hydrogen-bond donors (Lipinski definition) is 1. The van der Waals surface area contributed by atoms with Crippen molar-refractivity contribution < 1.29 is 4.39 Å². The molecule has 0 fully saturated rings. The molecule has 18 heavy (non-hydrogen) atoms. The van der Waals surface area contributed by atoms with E-state index in [4.69, 9.17) is 0 Å². The summed E-state index contributed by atoms with van der Waals surface area (Å²) < 4.78 is 15.1. The fraction of sp³-hybridized carbons (Fsp3) is 0.417. The van der Waals surface area contributed by atoms with Gasteiger partial charge in [0.05, 0.1) is 13.1 Å². The first-order chi connectivity index (χ1) is 8.66. The van der Waals surface area contributed by atoms with E-state index in [2.05, 4.69) is 20.8 Å². The van der Waals surface area contributed by atoms with Gasteiger partial charge in [0.2, 0.25) is 0 Å². The van der Waals surface area contributed by atoms with Gasteiger partial charge in [-0.2, -0.15) is 0 Å². The Kier molecular flexibility index (Phi) is 3.99. The van der Waals surface area contributed by atoms with Gasteiger partial charge in [0.1, 0.15) is 5.82 Å². The van der Waals surface area contributed by atoms with E-state index < -0.39 is 0 Å². The molecule has 1 heterocycles. The van der Waals surface area contributed by atoms with Crippen LogP contribution < -0.4 is 5.32 Å². The normalized spacial score (nSPS) is 11.1. The second kappa shape index (κ2) is 5.68. The van der Waals surface area contributed by atoms with Gasteiger partial charge in [-0.25, -0.2) is 9.07 Å². The van der Waals surface area contributed by atoms with Crippen molar-refractivity contribution in [3.63, 3.8) is 0 Å². The van der Waals surface area contributed by atoms with Gasteiger partial charge >= 0.3 is 0 Å². The molecule has 0 atom stereocenters. The topological polar surface area (TPSA) is 55.6 Å². The highest BCUT2D eigenvalue weighted by Crippen LogP contribution is 2.08. The summed E-state index contributed by atoms with van der Waals surface area (Å²) >= 11 is 0. The Morgan fingerprint density at radius 2 is 2.11 bits per heavy atom. The summed E-state index contributed by atoms with van der Waals surface area (Å²) in [6, 6.07) is 6.99. The minimum absolute atomic E-state index is 0.240. The fourth-order valence-electron chi connectivity index (χ4n) is 1.56. The van der Waals surface area contributed by atoms with E-state index in [0.717, 1.165) is 0 Å². The molecule has 0 saturated heterocycles. The number of nitrogens with one attached hydrogen (secondary N) is 1. The molecule has 2 aromatic rings. The maximum atomic E-state index is 13.5. The van der Waals surface area contributed by atoms with Gasteiger partial charge in [0, 0.05) is 11.6 Å². The number of tetrazole rings is 1. The summed E-state index contributed by atoms with van der Waals surface area (Å²) in [5, 5.41) is 14.7. The number of halogens is 1. The molecule has 1 aromatic heterocycles. The van der Waals surface area contributed by atoms with Crippen molar-refractivity contribution in [1.82, 2.24) is 25.5 Å². The van der Waals surface area contributed by atoms with Gasteiger partial charge in [-0.05, 0) is 16.5 Å². The van der Waals surface area contributed by atoms with Crippen molar-refractivity contribution in [2.75, 3.05) is 0 Å². The smallest absolute Gasteiger partial charge is 0.165 e. The average molecular weight is 249 g/mol. The Morgan fingerprint density at radius 1 is 1.33 bits per heavy atom. The molecule has 2 rings (SSSR count). The lowest BCUT2D eigenvalue weighted by atomic mass is 10.2. The van der Waals surface area contributed by atoms with Crippen LogP contribution in [0.5, 0.6) is 0 Å². The monoisotopic (exact) mass is 249 g/mol. The quantitative estimate of drug-likeness (QED) is 0.869. The highest BCUT2D eigenvalue weighted by atomic mass is 19.1. The number of benzene rings is 1. The first-order valence-electron chi connectivity index (χ1n) is 5.88. The maximum absolute atomic E-state index is 13.5. The van der Waals surface area contributed by atoms with E-state index in [1.807, 2.05) is 13.8 Å². The molecule has 0 amide bonds. The van der Waals surface area contributed by atoms with Crippen LogP contribution in [0.2, 0.25) is 0 Å². The summed E-state index contributed by atoms with van der Waals surface area (Å²) in [5.74, 6) is 0.461. The predicted molar refractivity (Wildman–Crippen MR) is 65.3 cm³/mol. The molecule has 0 unspecified atom stereocenters. The predicted octanol–water partition coefficient (Wildman–Crippen LogP) is 1.36. The number of nitrogens with zero attached hydrogens (tertiary/aromatic N) is 4. The zero-order chi connectivity index (χ0) is 13.0. The van der Waals surface area contributed by atoms with Crippen LogP contribution in [0.3, 0.4) is 0 Å². The first kappa shape index (κ1) is 12.6. The molecule has 0 saturated carbocycles. The van der Waals surface area contributed by atoms with E-state index in [9.17, 15) is 4.39 Å². The Morgan fingerprint density at radius 3 is 2.83 bits per heavy atom. The highest BCUT2D eigenvalue weighted by Gasteiger charge is 2.09. The molecule has 0 aliphatic rings. The lowest BCUT2D eigenvalue weighted by molar-refractivity contribution is 0.526. The second-order valence-electron chi connectivity index (χ2n) is 4.38. The van der Waals surface area contributed by atoms with Crippen molar-refractivity contribution in [2.45, 2.75) is 33.0 Å². The van der Waals surface area contributed by atoms with Crippen molar-refractivity contribution in [3.05, 3.63) is 41.5 Å². The molecule has 1 aromatic carbocycles. The third kappa shape index (κ3) is 3.10. The minimum Gasteiger partial charge on any atom is -0.308 e. The minimum atomic E-state index is -0.240. The molecule has 0 radical (unpaired) electrons. The van der Waals surface area contributed by atoms with E-state index in [-0.39, 0.29) is 5.82 Å². The largest absolute Gasteiger partial charge is 0.308 e. The lowest BCUT2D eigenvalue weighted by Crippen LogP contribution is -2.24. The summed E-state index contributed by atoms with van der Waals surface area (Å²) in [5.41, 5.74) is 0.579. The summed E-state index contributed by atoms with van der Waals surface area (Å²) in [6.45, 7) is 5.00. The van der Waals surface area contributed by atoms with Crippen LogP contribution in [0.25, 0.3) is 0 Å². The molecule has 0 spiro atoms. The Bertz CT molecular complexity index is 509. The molecule has 1 N–H and O–H groups in total. The van der Waals surface area contributed by atoms with Crippen LogP contribution in [-0.4, -0.2) is 26.2 Å². The van der Waals surface area contributed by atoms with Crippen molar-refractivity contribution in [3.8, 4) is 0 Å². The third-order valence-corrected chi connectivity index (χ3v) is 2.55. The van der Waals surface area contributed by atoms with Gasteiger partial charge in [0.25, 0.3) is 0 Å². The summed E-state index contributed by atoms with van der Waals surface area (Å²) in [6.07, 6.45) is 0. The fourth-order valence-corrected chi connectivity index (χ4v) is 1.56. The lowest BCUT2D eigenvalue weighted by Gasteiger charge is -2.08. The van der Waals surface area contributed by atoms with Crippen LogP contribution >= 0.6 is 0 Å².